The summed E-state index contributed by atoms with van der Waals surface area (Å²) in [5, 5.41) is 9.43. The van der Waals surface area contributed by atoms with Crippen molar-refractivity contribution in [1.82, 2.24) is 0 Å². The Kier molecular flexibility index (Phi) is 2.89. The van der Waals surface area contributed by atoms with Crippen molar-refractivity contribution >= 4 is 0 Å². The van der Waals surface area contributed by atoms with E-state index < -0.39 is 24.2 Å². The van der Waals surface area contributed by atoms with Gasteiger partial charge in [0.1, 0.15) is 6.10 Å². The maximum absolute atomic E-state index is 12.8. The van der Waals surface area contributed by atoms with Crippen molar-refractivity contribution < 1.29 is 23.4 Å². The molecule has 1 atom stereocenters. The fourth-order valence-corrected chi connectivity index (χ4v) is 1.62. The predicted octanol–water partition coefficient (Wildman–Crippen LogP) is 1.16. The van der Waals surface area contributed by atoms with Gasteiger partial charge in [-0.25, -0.2) is 8.78 Å². The molecule has 0 spiro atoms. The minimum atomic E-state index is -2.81. The van der Waals surface area contributed by atoms with Crippen LogP contribution in [0.1, 0.15) is 19.3 Å². The van der Waals surface area contributed by atoms with Gasteiger partial charge >= 0.3 is 0 Å². The first kappa shape index (κ1) is 10.8. The molecule has 0 aliphatic heterocycles. The molecular weight excluding hydrogens is 182 g/mol. The summed E-state index contributed by atoms with van der Waals surface area (Å²) in [6.07, 6.45) is -2.18. The molecule has 0 bridgehead atoms. The van der Waals surface area contributed by atoms with Crippen molar-refractivity contribution in [3.05, 3.63) is 0 Å². The third-order valence-electron chi connectivity index (χ3n) is 2.53. The van der Waals surface area contributed by atoms with E-state index in [1.165, 1.54) is 14.2 Å². The minimum absolute atomic E-state index is 0.00810. The van der Waals surface area contributed by atoms with Gasteiger partial charge in [-0.2, -0.15) is 0 Å². The van der Waals surface area contributed by atoms with Crippen LogP contribution >= 0.6 is 0 Å². The maximum atomic E-state index is 12.8. The molecule has 5 heteroatoms. The highest BCUT2D eigenvalue weighted by Crippen LogP contribution is 2.40. The molecule has 1 unspecified atom stereocenters. The Morgan fingerprint density at radius 2 is 1.77 bits per heavy atom. The Morgan fingerprint density at radius 1 is 1.23 bits per heavy atom. The molecule has 1 aliphatic carbocycles. The zero-order chi connectivity index (χ0) is 10.1. The number of aliphatic hydroxyl groups is 1. The average Bonchev–Trinajstić information content (AvgIpc) is 2.05. The first-order valence-electron chi connectivity index (χ1n) is 4.12. The van der Waals surface area contributed by atoms with Gasteiger partial charge in [-0.1, -0.05) is 0 Å². The monoisotopic (exact) mass is 196 g/mol. The summed E-state index contributed by atoms with van der Waals surface area (Å²) in [5.74, 6) is -4.05. The van der Waals surface area contributed by atoms with E-state index in [1.54, 1.807) is 0 Å². The fourth-order valence-electron chi connectivity index (χ4n) is 1.62. The lowest BCUT2D eigenvalue weighted by Crippen LogP contribution is -2.52. The van der Waals surface area contributed by atoms with Crippen LogP contribution in [0.5, 0.6) is 0 Å². The summed E-state index contributed by atoms with van der Waals surface area (Å²) >= 11 is 0. The van der Waals surface area contributed by atoms with Crippen molar-refractivity contribution in [2.24, 2.45) is 0 Å². The molecule has 78 valence electrons. The van der Waals surface area contributed by atoms with E-state index in [0.29, 0.717) is 0 Å². The number of methoxy groups -OCH3 is 2. The van der Waals surface area contributed by atoms with Crippen LogP contribution in [0.3, 0.4) is 0 Å². The van der Waals surface area contributed by atoms with Crippen LogP contribution in [0.2, 0.25) is 0 Å². The standard InChI is InChI=1S/C8H14F2O3/c1-12-8(13-2)4-3-7(9,10)5-6(8)11/h6,11H,3-5H2,1-2H3. The van der Waals surface area contributed by atoms with Crippen molar-refractivity contribution in [2.75, 3.05) is 14.2 Å². The van der Waals surface area contributed by atoms with Crippen molar-refractivity contribution in [3.63, 3.8) is 0 Å². The summed E-state index contributed by atoms with van der Waals surface area (Å²) in [6.45, 7) is 0. The van der Waals surface area contributed by atoms with E-state index in [2.05, 4.69) is 0 Å². The predicted molar refractivity (Wildman–Crippen MR) is 41.6 cm³/mol. The number of hydrogen-bond acceptors (Lipinski definition) is 3. The lowest BCUT2D eigenvalue weighted by Gasteiger charge is -2.41. The molecule has 0 heterocycles. The second kappa shape index (κ2) is 3.48. The fraction of sp³-hybridized carbons (Fsp3) is 1.00. The number of hydrogen-bond donors (Lipinski definition) is 1. The summed E-state index contributed by atoms with van der Waals surface area (Å²) in [6, 6.07) is 0. The van der Waals surface area contributed by atoms with Gasteiger partial charge in [-0.3, -0.25) is 0 Å². The van der Waals surface area contributed by atoms with E-state index in [1.807, 2.05) is 0 Å². The lowest BCUT2D eigenvalue weighted by molar-refractivity contribution is -0.295. The molecule has 1 N–H and O–H groups in total. The van der Waals surface area contributed by atoms with Crippen LogP contribution in [-0.4, -0.2) is 37.1 Å². The van der Waals surface area contributed by atoms with Gasteiger partial charge in [0.2, 0.25) is 0 Å². The number of alkyl halides is 2. The minimum Gasteiger partial charge on any atom is -0.387 e. The smallest absolute Gasteiger partial charge is 0.251 e. The second-order valence-electron chi connectivity index (χ2n) is 3.30. The van der Waals surface area contributed by atoms with Crippen molar-refractivity contribution in [3.8, 4) is 0 Å². The van der Waals surface area contributed by atoms with Crippen LogP contribution < -0.4 is 0 Å². The second-order valence-corrected chi connectivity index (χ2v) is 3.30. The van der Waals surface area contributed by atoms with Gasteiger partial charge in [0.05, 0.1) is 0 Å². The zero-order valence-corrected chi connectivity index (χ0v) is 7.72. The number of rotatable bonds is 2. The van der Waals surface area contributed by atoms with Gasteiger partial charge in [-0.05, 0) is 0 Å². The van der Waals surface area contributed by atoms with E-state index >= 15 is 0 Å². The SMILES string of the molecule is COC1(OC)CCC(F)(F)CC1O. The molecule has 0 saturated heterocycles. The highest BCUT2D eigenvalue weighted by atomic mass is 19.3. The van der Waals surface area contributed by atoms with Gasteiger partial charge in [-0.15, -0.1) is 0 Å². The topological polar surface area (TPSA) is 38.7 Å². The van der Waals surface area contributed by atoms with Crippen LogP contribution in [0.15, 0.2) is 0 Å². The van der Waals surface area contributed by atoms with Crippen LogP contribution in [0.25, 0.3) is 0 Å². The Morgan fingerprint density at radius 3 is 2.15 bits per heavy atom. The van der Waals surface area contributed by atoms with E-state index in [9.17, 15) is 13.9 Å². The number of aliphatic hydroxyl groups excluding tert-OH is 1. The van der Waals surface area contributed by atoms with Crippen LogP contribution in [-0.2, 0) is 9.47 Å². The molecule has 3 nitrogen and oxygen atoms in total. The Bertz CT molecular complexity index is 180. The molecule has 13 heavy (non-hydrogen) atoms. The quantitative estimate of drug-likeness (QED) is 0.673. The zero-order valence-electron chi connectivity index (χ0n) is 7.72. The van der Waals surface area contributed by atoms with Gasteiger partial charge in [0.15, 0.2) is 5.79 Å². The number of halogens is 2. The summed E-state index contributed by atoms with van der Waals surface area (Å²) < 4.78 is 35.5. The summed E-state index contributed by atoms with van der Waals surface area (Å²) in [5.41, 5.74) is 0. The maximum Gasteiger partial charge on any atom is 0.251 e. The van der Waals surface area contributed by atoms with E-state index in [-0.39, 0.29) is 12.8 Å². The molecule has 0 aromatic heterocycles. The lowest BCUT2D eigenvalue weighted by atomic mass is 9.88. The Hall–Kier alpha value is -0.260. The molecule has 1 saturated carbocycles. The van der Waals surface area contributed by atoms with Crippen molar-refractivity contribution in [1.29, 1.82) is 0 Å². The molecular formula is C8H14F2O3. The van der Waals surface area contributed by atoms with Crippen LogP contribution in [0.4, 0.5) is 8.78 Å². The van der Waals surface area contributed by atoms with Crippen LogP contribution in [0, 0.1) is 0 Å². The third kappa shape index (κ3) is 1.98. The van der Waals surface area contributed by atoms with Crippen molar-refractivity contribution in [2.45, 2.75) is 37.1 Å². The first-order valence-corrected chi connectivity index (χ1v) is 4.12. The molecule has 0 radical (unpaired) electrons. The molecule has 1 rings (SSSR count). The number of ether oxygens (including phenoxy) is 2. The molecule has 0 aromatic carbocycles. The van der Waals surface area contributed by atoms with Gasteiger partial charge in [0, 0.05) is 33.5 Å². The Balaban J connectivity index is 2.72. The Labute approximate surface area is 75.6 Å². The summed E-state index contributed by atoms with van der Waals surface area (Å²) in [7, 11) is 2.69. The molecule has 1 aliphatic rings. The largest absolute Gasteiger partial charge is 0.387 e. The van der Waals surface area contributed by atoms with E-state index in [4.69, 9.17) is 9.47 Å². The normalized spacial score (nSPS) is 31.6. The van der Waals surface area contributed by atoms with Gasteiger partial charge in [0.25, 0.3) is 5.92 Å². The third-order valence-corrected chi connectivity index (χ3v) is 2.53. The van der Waals surface area contributed by atoms with Gasteiger partial charge < -0.3 is 14.6 Å². The highest BCUT2D eigenvalue weighted by molar-refractivity contribution is 4.90. The summed E-state index contributed by atoms with van der Waals surface area (Å²) in [4.78, 5) is 0. The molecule has 1 fully saturated rings. The highest BCUT2D eigenvalue weighted by Gasteiger charge is 2.50. The average molecular weight is 196 g/mol. The molecule has 0 aromatic rings. The first-order chi connectivity index (χ1) is 5.96. The molecule has 0 amide bonds. The van der Waals surface area contributed by atoms with E-state index in [0.717, 1.165) is 0 Å².